The van der Waals surface area contributed by atoms with E-state index in [1.807, 2.05) is 6.07 Å². The highest BCUT2D eigenvalue weighted by atomic mass is 35.5. The molecule has 5 aromatic rings. The van der Waals surface area contributed by atoms with Crippen LogP contribution in [-0.4, -0.2) is 38.9 Å². The molecular weight excluding hydrogens is 578 g/mol. The summed E-state index contributed by atoms with van der Waals surface area (Å²) < 4.78 is 35.2. The van der Waals surface area contributed by atoms with E-state index in [9.17, 15) is 13.6 Å². The van der Waals surface area contributed by atoms with Gasteiger partial charge in [0, 0.05) is 34.6 Å². The number of hydrogen-bond donors (Lipinski definition) is 3. The van der Waals surface area contributed by atoms with Crippen LogP contribution in [0.4, 0.5) is 28.7 Å². The van der Waals surface area contributed by atoms with E-state index in [4.69, 9.17) is 31.0 Å². The second-order valence-electron chi connectivity index (χ2n) is 9.00. The smallest absolute Gasteiger partial charge is 0.268 e. The van der Waals surface area contributed by atoms with E-state index in [0.717, 1.165) is 4.31 Å². The van der Waals surface area contributed by atoms with Crippen LogP contribution >= 0.6 is 11.6 Å². The normalized spacial score (nSPS) is 11.5. The van der Waals surface area contributed by atoms with Gasteiger partial charge in [0.15, 0.2) is 11.6 Å². The van der Waals surface area contributed by atoms with Gasteiger partial charge < -0.3 is 20.1 Å². The van der Waals surface area contributed by atoms with Crippen molar-refractivity contribution in [2.24, 2.45) is 0 Å². The Balaban J connectivity index is 1.53. The van der Waals surface area contributed by atoms with Crippen molar-refractivity contribution in [3.63, 3.8) is 0 Å². The Labute approximate surface area is 249 Å². The summed E-state index contributed by atoms with van der Waals surface area (Å²) in [5, 5.41) is 6.52. The number of methoxy groups -OCH3 is 2. The number of rotatable bonds is 10. The number of nitrogens with one attached hydrogen (secondary N) is 2. The summed E-state index contributed by atoms with van der Waals surface area (Å²) in [4.78, 5) is 22.2. The maximum Gasteiger partial charge on any atom is 0.268 e. The van der Waals surface area contributed by atoms with Gasteiger partial charge in [-0.3, -0.25) is 9.35 Å². The molecule has 1 unspecified atom stereocenters. The van der Waals surface area contributed by atoms with Crippen LogP contribution in [0.5, 0.6) is 11.5 Å². The first kappa shape index (κ1) is 28.8. The van der Waals surface area contributed by atoms with Crippen molar-refractivity contribution in [1.29, 1.82) is 0 Å². The zero-order valence-electron chi connectivity index (χ0n) is 22.6. The number of aromatic nitrogens is 2. The molecule has 5 rings (SSSR count). The Hall–Kier alpha value is -4.71. The zero-order valence-corrected chi connectivity index (χ0v) is 24.1. The molecule has 42 heavy (non-hydrogen) atoms. The van der Waals surface area contributed by atoms with Crippen molar-refractivity contribution in [3.05, 3.63) is 102 Å². The summed E-state index contributed by atoms with van der Waals surface area (Å²) in [5.41, 5.74) is 3.04. The number of halogens is 1. The topological polar surface area (TPSA) is 126 Å². The molecule has 0 aliphatic heterocycles. The summed E-state index contributed by atoms with van der Waals surface area (Å²) in [7, 11) is 3.08. The second kappa shape index (κ2) is 12.9. The van der Waals surface area contributed by atoms with Gasteiger partial charge in [-0.15, -0.1) is 0 Å². The summed E-state index contributed by atoms with van der Waals surface area (Å²) in [6, 6.07) is 26.0. The maximum atomic E-state index is 12.9. The fraction of sp³-hybridized carbons (Fsp3) is 0.100. The number of nitrogens with zero attached hydrogens (tertiary/aromatic N) is 3. The molecule has 0 spiro atoms. The van der Waals surface area contributed by atoms with Crippen LogP contribution < -0.4 is 24.4 Å². The third-order valence-corrected chi connectivity index (χ3v) is 7.25. The van der Waals surface area contributed by atoms with Gasteiger partial charge in [-0.25, -0.2) is 18.5 Å². The summed E-state index contributed by atoms with van der Waals surface area (Å²) in [5.74, 6) is 1.07. The number of carbonyl (C=O) groups excluding carboxylic acids is 1. The van der Waals surface area contributed by atoms with Crippen molar-refractivity contribution >= 4 is 68.5 Å². The number of hydrogen-bond acceptors (Lipinski definition) is 7. The largest absolute Gasteiger partial charge is 0.497 e. The van der Waals surface area contributed by atoms with Crippen molar-refractivity contribution < 1.29 is 23.0 Å². The highest BCUT2D eigenvalue weighted by molar-refractivity contribution is 7.81. The van der Waals surface area contributed by atoms with Gasteiger partial charge in [0.05, 0.1) is 37.4 Å². The molecule has 12 heteroatoms. The molecule has 1 aromatic heterocycles. The number of amides is 1. The Morgan fingerprint density at radius 1 is 0.881 bits per heavy atom. The molecule has 214 valence electrons. The molecule has 1 amide bonds. The highest BCUT2D eigenvalue weighted by Crippen LogP contribution is 2.36. The van der Waals surface area contributed by atoms with Gasteiger partial charge in [-0.05, 0) is 42.0 Å². The average molecular weight is 604 g/mol. The number of fused-ring (bicyclic) bond motifs is 1. The lowest BCUT2D eigenvalue weighted by atomic mass is 10.1. The first-order valence-electron chi connectivity index (χ1n) is 12.7. The molecule has 1 heterocycles. The second-order valence-corrected chi connectivity index (χ2v) is 10.2. The van der Waals surface area contributed by atoms with Gasteiger partial charge in [0.25, 0.3) is 11.3 Å². The van der Waals surface area contributed by atoms with E-state index < -0.39 is 11.3 Å². The van der Waals surface area contributed by atoms with E-state index >= 15 is 0 Å². The molecule has 0 aliphatic rings. The lowest BCUT2D eigenvalue weighted by molar-refractivity contribution is -0.115. The predicted octanol–water partition coefficient (Wildman–Crippen LogP) is 6.50. The zero-order chi connectivity index (χ0) is 29.6. The number of para-hydroxylation sites is 2. The third-order valence-electron chi connectivity index (χ3n) is 6.19. The summed E-state index contributed by atoms with van der Waals surface area (Å²) in [6.07, 6.45) is 0.0633. The Kier molecular flexibility index (Phi) is 8.82. The van der Waals surface area contributed by atoms with E-state index in [1.165, 1.54) is 14.2 Å². The monoisotopic (exact) mass is 603 g/mol. The van der Waals surface area contributed by atoms with Crippen LogP contribution in [0.1, 0.15) is 5.56 Å². The van der Waals surface area contributed by atoms with Gasteiger partial charge in [0.2, 0.25) is 5.91 Å². The highest BCUT2D eigenvalue weighted by Gasteiger charge is 2.24. The van der Waals surface area contributed by atoms with Crippen LogP contribution in [0.25, 0.3) is 11.0 Å². The lowest BCUT2D eigenvalue weighted by Gasteiger charge is -2.23. The van der Waals surface area contributed by atoms with Crippen LogP contribution in [0.3, 0.4) is 0 Å². The van der Waals surface area contributed by atoms with E-state index in [2.05, 4.69) is 10.6 Å². The first-order valence-corrected chi connectivity index (χ1v) is 14.1. The first-order chi connectivity index (χ1) is 20.3. The van der Waals surface area contributed by atoms with Gasteiger partial charge in [-0.1, -0.05) is 48.0 Å². The van der Waals surface area contributed by atoms with E-state index in [-0.39, 0.29) is 24.0 Å². The molecule has 4 aromatic carbocycles. The molecule has 0 saturated carbocycles. The lowest BCUT2D eigenvalue weighted by Crippen LogP contribution is -2.22. The SMILES string of the molecule is COc1cc(Nc2nc3ccccc3nc2N(c2cccc(NC(=O)Cc3ccccc3Cl)c2)S(=O)O)cc(OC)c1. The average Bonchev–Trinajstić information content (AvgIpc) is 2.98. The predicted molar refractivity (Wildman–Crippen MR) is 166 cm³/mol. The van der Waals surface area contributed by atoms with Crippen molar-refractivity contribution in [1.82, 2.24) is 9.97 Å². The molecule has 3 N–H and O–H groups in total. The standard InChI is InChI=1S/C30H26ClN5O5S/c1-40-23-16-21(17-24(18-23)41-2)33-29-30(35-27-13-6-5-12-26(27)34-29)36(42(38)39)22-10-7-9-20(15-22)32-28(37)14-19-8-3-4-11-25(19)31/h3-13,15-18H,14H2,1-2H3,(H,32,37)(H,33,34)(H,38,39). The van der Waals surface area contributed by atoms with E-state index in [1.54, 1.807) is 84.9 Å². The van der Waals surface area contributed by atoms with Crippen LogP contribution in [0, 0.1) is 0 Å². The van der Waals surface area contributed by atoms with Crippen molar-refractivity contribution in [2.75, 3.05) is 29.2 Å². The minimum Gasteiger partial charge on any atom is -0.497 e. The minimum absolute atomic E-state index is 0.0633. The molecule has 0 bridgehead atoms. The van der Waals surface area contributed by atoms with Crippen molar-refractivity contribution in [3.8, 4) is 11.5 Å². The van der Waals surface area contributed by atoms with Gasteiger partial charge >= 0.3 is 0 Å². The Bertz CT molecular complexity index is 1760. The van der Waals surface area contributed by atoms with Crippen LogP contribution in [-0.2, 0) is 22.5 Å². The fourth-order valence-corrected chi connectivity index (χ4v) is 5.02. The molecule has 0 radical (unpaired) electrons. The number of anilines is 5. The number of ether oxygens (including phenoxy) is 2. The molecule has 0 saturated heterocycles. The van der Waals surface area contributed by atoms with Crippen LogP contribution in [0.2, 0.25) is 5.02 Å². The molecule has 0 fully saturated rings. The molecule has 0 aliphatic carbocycles. The van der Waals surface area contributed by atoms with Crippen LogP contribution in [0.15, 0.2) is 91.0 Å². The summed E-state index contributed by atoms with van der Waals surface area (Å²) >= 11 is 3.64. The maximum absolute atomic E-state index is 12.9. The minimum atomic E-state index is -2.57. The fourth-order valence-electron chi connectivity index (χ4n) is 4.25. The van der Waals surface area contributed by atoms with Gasteiger partial charge in [0.1, 0.15) is 11.5 Å². The number of carbonyl (C=O) groups is 1. The summed E-state index contributed by atoms with van der Waals surface area (Å²) in [6.45, 7) is 0. The Morgan fingerprint density at radius 3 is 2.21 bits per heavy atom. The van der Waals surface area contributed by atoms with Gasteiger partial charge in [-0.2, -0.15) is 0 Å². The third kappa shape index (κ3) is 6.60. The number of benzene rings is 4. The molecular formula is C30H26ClN5O5S. The molecule has 1 atom stereocenters. The molecule has 10 nitrogen and oxygen atoms in total. The quantitative estimate of drug-likeness (QED) is 0.154. The van der Waals surface area contributed by atoms with E-state index in [0.29, 0.717) is 50.2 Å². The Morgan fingerprint density at radius 2 is 1.55 bits per heavy atom. The van der Waals surface area contributed by atoms with Crippen molar-refractivity contribution in [2.45, 2.75) is 6.42 Å².